The Kier molecular flexibility index (Phi) is 4.02. The molecule has 0 aromatic carbocycles. The maximum atomic E-state index is 11.1. The average molecular weight is 273 g/mol. The van der Waals surface area contributed by atoms with Gasteiger partial charge in [-0.3, -0.25) is 9.48 Å². The molecule has 2 aromatic rings. The summed E-state index contributed by atoms with van der Waals surface area (Å²) in [7, 11) is 0. The number of carbonyl (C=O) groups is 1. The Labute approximate surface area is 118 Å². The molecule has 0 aliphatic heterocycles. The number of nitrogens with one attached hydrogen (secondary N) is 1. The maximum absolute atomic E-state index is 11.1. The van der Waals surface area contributed by atoms with Crippen LogP contribution in [-0.4, -0.2) is 27.2 Å². The van der Waals surface area contributed by atoms with E-state index in [0.29, 0.717) is 17.9 Å². The monoisotopic (exact) mass is 273 g/mol. The van der Waals surface area contributed by atoms with Gasteiger partial charge in [0.1, 0.15) is 5.82 Å². The van der Waals surface area contributed by atoms with Crippen molar-refractivity contribution in [1.82, 2.24) is 14.8 Å². The molecule has 20 heavy (non-hydrogen) atoms. The number of hydrogen-bond acceptors (Lipinski definition) is 4. The third-order valence-corrected chi connectivity index (χ3v) is 3.42. The van der Waals surface area contributed by atoms with Gasteiger partial charge in [-0.1, -0.05) is 0 Å². The molecule has 3 N–H and O–H groups in total. The molecular weight excluding hydrogens is 254 g/mol. The van der Waals surface area contributed by atoms with Crippen molar-refractivity contribution in [2.45, 2.75) is 27.3 Å². The van der Waals surface area contributed by atoms with Crippen LogP contribution in [-0.2, 0) is 6.54 Å². The van der Waals surface area contributed by atoms with Gasteiger partial charge in [0.15, 0.2) is 0 Å². The first-order chi connectivity index (χ1) is 9.49. The number of primary amides is 1. The topological polar surface area (TPSA) is 85.8 Å². The van der Waals surface area contributed by atoms with Crippen LogP contribution in [0, 0.1) is 20.8 Å². The number of anilines is 1. The normalized spacial score (nSPS) is 10.6. The predicted molar refractivity (Wildman–Crippen MR) is 77.7 cm³/mol. The van der Waals surface area contributed by atoms with E-state index >= 15 is 0 Å². The molecule has 0 bridgehead atoms. The lowest BCUT2D eigenvalue weighted by atomic mass is 10.2. The molecule has 0 atom stereocenters. The second-order valence-electron chi connectivity index (χ2n) is 4.74. The van der Waals surface area contributed by atoms with Gasteiger partial charge in [0.05, 0.1) is 12.2 Å². The first-order valence-electron chi connectivity index (χ1n) is 6.49. The van der Waals surface area contributed by atoms with Crippen molar-refractivity contribution < 1.29 is 4.79 Å². The van der Waals surface area contributed by atoms with Crippen LogP contribution >= 0.6 is 0 Å². The molecule has 1 amide bonds. The van der Waals surface area contributed by atoms with Crippen LogP contribution in [0.25, 0.3) is 0 Å². The Morgan fingerprint density at radius 1 is 1.40 bits per heavy atom. The van der Waals surface area contributed by atoms with Crippen LogP contribution in [0.4, 0.5) is 5.82 Å². The second-order valence-corrected chi connectivity index (χ2v) is 4.74. The van der Waals surface area contributed by atoms with Crippen LogP contribution in [0.2, 0.25) is 0 Å². The Morgan fingerprint density at radius 3 is 2.75 bits per heavy atom. The number of amides is 1. The second kappa shape index (κ2) is 5.73. The lowest BCUT2D eigenvalue weighted by Crippen LogP contribution is -2.15. The van der Waals surface area contributed by atoms with Crippen molar-refractivity contribution in [1.29, 1.82) is 0 Å². The van der Waals surface area contributed by atoms with Gasteiger partial charge in [0.25, 0.3) is 0 Å². The molecule has 106 valence electrons. The fourth-order valence-electron chi connectivity index (χ4n) is 1.97. The number of hydrogen-bond donors (Lipinski definition) is 2. The molecule has 0 aliphatic rings. The average Bonchev–Trinajstić information content (AvgIpc) is 2.67. The number of rotatable bonds is 5. The molecule has 0 saturated heterocycles. The molecule has 0 radical (unpaired) electrons. The van der Waals surface area contributed by atoms with E-state index in [-0.39, 0.29) is 0 Å². The smallest absolute Gasteiger partial charge is 0.248 e. The van der Waals surface area contributed by atoms with E-state index in [1.165, 1.54) is 11.3 Å². The first-order valence-corrected chi connectivity index (χ1v) is 6.49. The fraction of sp³-hybridized carbons (Fsp3) is 0.357. The molecule has 2 aromatic heterocycles. The summed E-state index contributed by atoms with van der Waals surface area (Å²) in [4.78, 5) is 15.2. The Hall–Kier alpha value is -2.37. The minimum atomic E-state index is -0.454. The number of nitrogens with zero attached hydrogens (tertiary/aromatic N) is 3. The maximum Gasteiger partial charge on any atom is 0.248 e. The lowest BCUT2D eigenvalue weighted by Gasteiger charge is -2.08. The third-order valence-electron chi connectivity index (χ3n) is 3.42. The molecule has 6 nitrogen and oxygen atoms in total. The van der Waals surface area contributed by atoms with Gasteiger partial charge in [-0.25, -0.2) is 4.98 Å². The minimum Gasteiger partial charge on any atom is -0.368 e. The highest BCUT2D eigenvalue weighted by molar-refractivity contribution is 5.93. The van der Waals surface area contributed by atoms with Crippen LogP contribution < -0.4 is 11.1 Å². The summed E-state index contributed by atoms with van der Waals surface area (Å²) < 4.78 is 1.97. The zero-order chi connectivity index (χ0) is 14.7. The lowest BCUT2D eigenvalue weighted by molar-refractivity contribution is 0.1000. The van der Waals surface area contributed by atoms with E-state index in [2.05, 4.69) is 29.2 Å². The predicted octanol–water partition coefficient (Wildman–Crippen LogP) is 1.41. The Balaban J connectivity index is 1.97. The van der Waals surface area contributed by atoms with Crippen molar-refractivity contribution >= 4 is 11.7 Å². The SMILES string of the molecule is Cc1nn(CCNc2cc(C(N)=O)ccn2)c(C)c1C. The fourth-order valence-corrected chi connectivity index (χ4v) is 1.97. The number of aryl methyl sites for hydroxylation is 1. The van der Waals surface area contributed by atoms with Crippen molar-refractivity contribution in [2.24, 2.45) is 5.73 Å². The molecule has 6 heteroatoms. The standard InChI is InChI=1S/C14H19N5O/c1-9-10(2)18-19(11(9)3)7-6-17-13-8-12(14(15)20)4-5-16-13/h4-5,8H,6-7H2,1-3H3,(H2,15,20)(H,16,17). The quantitative estimate of drug-likeness (QED) is 0.862. The molecule has 0 fully saturated rings. The first kappa shape index (κ1) is 14.0. The van der Waals surface area contributed by atoms with Gasteiger partial charge in [-0.05, 0) is 38.5 Å². The Morgan fingerprint density at radius 2 is 2.15 bits per heavy atom. The molecule has 0 saturated carbocycles. The van der Waals surface area contributed by atoms with Gasteiger partial charge in [0.2, 0.25) is 5.91 Å². The highest BCUT2D eigenvalue weighted by Crippen LogP contribution is 2.11. The summed E-state index contributed by atoms with van der Waals surface area (Å²) in [5, 5.41) is 7.63. The molecule has 0 unspecified atom stereocenters. The van der Waals surface area contributed by atoms with Crippen LogP contribution in [0.5, 0.6) is 0 Å². The van der Waals surface area contributed by atoms with E-state index in [1.807, 2.05) is 11.6 Å². The number of aromatic nitrogens is 3. The minimum absolute atomic E-state index is 0.449. The highest BCUT2D eigenvalue weighted by atomic mass is 16.1. The molecular formula is C14H19N5O. The van der Waals surface area contributed by atoms with Crippen molar-refractivity contribution in [2.75, 3.05) is 11.9 Å². The summed E-state index contributed by atoms with van der Waals surface area (Å²) in [6, 6.07) is 3.24. The molecule has 0 spiro atoms. The summed E-state index contributed by atoms with van der Waals surface area (Å²) in [6.45, 7) is 7.55. The van der Waals surface area contributed by atoms with Crippen LogP contribution in [0.15, 0.2) is 18.3 Å². The van der Waals surface area contributed by atoms with Gasteiger partial charge in [0, 0.05) is 24.0 Å². The number of nitrogens with two attached hydrogens (primary N) is 1. The van der Waals surface area contributed by atoms with Crippen LogP contribution in [0.3, 0.4) is 0 Å². The summed E-state index contributed by atoms with van der Waals surface area (Å²) in [5.41, 5.74) is 9.12. The van der Waals surface area contributed by atoms with Gasteiger partial charge in [-0.15, -0.1) is 0 Å². The van der Waals surface area contributed by atoms with Gasteiger partial charge >= 0.3 is 0 Å². The third kappa shape index (κ3) is 2.96. The van der Waals surface area contributed by atoms with Crippen molar-refractivity contribution in [3.05, 3.63) is 40.8 Å². The zero-order valence-corrected chi connectivity index (χ0v) is 12.0. The van der Waals surface area contributed by atoms with Crippen molar-refractivity contribution in [3.63, 3.8) is 0 Å². The van der Waals surface area contributed by atoms with E-state index in [1.54, 1.807) is 18.3 Å². The molecule has 2 rings (SSSR count). The van der Waals surface area contributed by atoms with E-state index in [9.17, 15) is 4.79 Å². The number of carbonyl (C=O) groups excluding carboxylic acids is 1. The molecule has 0 aliphatic carbocycles. The van der Waals surface area contributed by atoms with E-state index < -0.39 is 5.91 Å². The molecule has 2 heterocycles. The van der Waals surface area contributed by atoms with Gasteiger partial charge < -0.3 is 11.1 Å². The van der Waals surface area contributed by atoms with E-state index in [4.69, 9.17) is 5.73 Å². The largest absolute Gasteiger partial charge is 0.368 e. The highest BCUT2D eigenvalue weighted by Gasteiger charge is 2.07. The summed E-state index contributed by atoms with van der Waals surface area (Å²) in [5.74, 6) is 0.184. The van der Waals surface area contributed by atoms with Gasteiger partial charge in [-0.2, -0.15) is 5.10 Å². The summed E-state index contributed by atoms with van der Waals surface area (Å²) >= 11 is 0. The van der Waals surface area contributed by atoms with E-state index in [0.717, 1.165) is 12.2 Å². The Bertz CT molecular complexity index is 632. The summed E-state index contributed by atoms with van der Waals surface area (Å²) in [6.07, 6.45) is 1.57. The van der Waals surface area contributed by atoms with Crippen LogP contribution in [0.1, 0.15) is 27.3 Å². The van der Waals surface area contributed by atoms with Crippen molar-refractivity contribution in [3.8, 4) is 0 Å². The number of pyridine rings is 1. The zero-order valence-electron chi connectivity index (χ0n) is 12.0.